The van der Waals surface area contributed by atoms with Gasteiger partial charge in [-0.25, -0.2) is 4.68 Å². The van der Waals surface area contributed by atoms with Gasteiger partial charge in [0, 0.05) is 37.5 Å². The van der Waals surface area contributed by atoms with Crippen LogP contribution in [0.2, 0.25) is 0 Å². The smallest absolute Gasteiger partial charge is 0.290 e. The van der Waals surface area contributed by atoms with Gasteiger partial charge in [0.15, 0.2) is 0 Å². The van der Waals surface area contributed by atoms with E-state index in [2.05, 4.69) is 101 Å². The normalized spacial score (nSPS) is 14.5. The summed E-state index contributed by atoms with van der Waals surface area (Å²) < 4.78 is 8.15. The third kappa shape index (κ3) is 8.65. The van der Waals surface area contributed by atoms with Gasteiger partial charge in [-0.3, -0.25) is 4.79 Å². The van der Waals surface area contributed by atoms with E-state index in [1.54, 1.807) is 0 Å². The molecule has 0 amide bonds. The van der Waals surface area contributed by atoms with Gasteiger partial charge in [-0.05, 0) is 86.4 Å². The Morgan fingerprint density at radius 2 is 1.63 bits per heavy atom. The number of carboxylic acid groups (broad SMARTS) is 1. The number of rotatable bonds is 6. The number of aromatic nitrogens is 4. The van der Waals surface area contributed by atoms with Crippen molar-refractivity contribution in [3.8, 4) is 48.4 Å². The second kappa shape index (κ2) is 16.7. The van der Waals surface area contributed by atoms with Gasteiger partial charge in [0.25, 0.3) is 6.47 Å². The van der Waals surface area contributed by atoms with Crippen molar-refractivity contribution in [3.63, 3.8) is 0 Å². The fraction of sp³-hybridized carbons (Fsp3) is 0.333. The molecule has 4 N–H and O–H groups in total. The molecule has 2 aliphatic rings. The molecule has 10 nitrogen and oxygen atoms in total. The predicted octanol–water partition coefficient (Wildman–Crippen LogP) is 5.20. The first-order valence-corrected chi connectivity index (χ1v) is 15.0. The topological polar surface area (TPSA) is 131 Å². The molecule has 2 aromatic carbocycles. The zero-order valence-corrected chi connectivity index (χ0v) is 26.8. The molecule has 2 saturated heterocycles. The van der Waals surface area contributed by atoms with Crippen LogP contribution >= 0.6 is 0 Å². The Bertz CT molecular complexity index is 1620. The summed E-state index contributed by atoms with van der Waals surface area (Å²) in [5.41, 5.74) is 14.4. The number of nitrogens with two attached hydrogens (primary N) is 1. The molecule has 0 unspecified atom stereocenters. The van der Waals surface area contributed by atoms with Gasteiger partial charge in [0.05, 0.1) is 11.4 Å². The number of anilines is 2. The van der Waals surface area contributed by atoms with Crippen LogP contribution in [0, 0.1) is 51.9 Å². The van der Waals surface area contributed by atoms with Crippen LogP contribution in [0.1, 0.15) is 41.6 Å². The summed E-state index contributed by atoms with van der Waals surface area (Å²) in [6, 6.07) is 16.9. The Labute approximate surface area is 272 Å². The summed E-state index contributed by atoms with van der Waals surface area (Å²) >= 11 is 0. The maximum absolute atomic E-state index is 8.36. The lowest BCUT2D eigenvalue weighted by atomic mass is 9.78. The summed E-state index contributed by atoms with van der Waals surface area (Å²) in [6.07, 6.45) is 21.6. The summed E-state index contributed by atoms with van der Waals surface area (Å²) in [5, 5.41) is 15.1. The number of aryl methyl sites for hydroxylation is 3. The number of piperidine rings is 1. The maximum Gasteiger partial charge on any atom is 0.290 e. The number of nitrogens with one attached hydrogen (secondary N) is 1. The molecular weight excluding hydrogens is 578 g/mol. The number of carbonyl (C=O) groups is 1. The highest BCUT2D eigenvalue weighted by molar-refractivity contribution is 5.68. The molecule has 2 fully saturated rings. The molecular formula is C36H43N7O3. The van der Waals surface area contributed by atoms with Gasteiger partial charge >= 0.3 is 0 Å². The first-order chi connectivity index (χ1) is 22.3. The minimum absolute atomic E-state index is 0.235. The lowest BCUT2D eigenvalue weighted by Gasteiger charge is -2.39. The fourth-order valence-corrected chi connectivity index (χ4v) is 5.80. The second-order valence-electron chi connectivity index (χ2n) is 11.3. The Morgan fingerprint density at radius 3 is 2.24 bits per heavy atom. The average Bonchev–Trinajstić information content (AvgIpc) is 3.72. The maximum atomic E-state index is 8.36. The largest absolute Gasteiger partial charge is 0.483 e. The van der Waals surface area contributed by atoms with E-state index in [4.69, 9.17) is 20.4 Å². The molecule has 2 aliphatic heterocycles. The van der Waals surface area contributed by atoms with Gasteiger partial charge in [-0.15, -0.1) is 25.7 Å². The minimum atomic E-state index is -0.250. The van der Waals surface area contributed by atoms with E-state index in [1.807, 2.05) is 29.9 Å². The van der Waals surface area contributed by atoms with Crippen LogP contribution in [-0.4, -0.2) is 57.5 Å². The van der Waals surface area contributed by atoms with Gasteiger partial charge in [0.2, 0.25) is 11.8 Å². The Kier molecular flexibility index (Phi) is 12.7. The number of terminal acetylenes is 2. The number of hydrogen-bond donors (Lipinski definition) is 3. The molecule has 2 aromatic heterocycles. The summed E-state index contributed by atoms with van der Waals surface area (Å²) in [7, 11) is 0. The first kappa shape index (κ1) is 35.2. The van der Waals surface area contributed by atoms with Crippen LogP contribution in [0.4, 0.5) is 11.8 Å². The Morgan fingerprint density at radius 1 is 0.957 bits per heavy atom. The van der Waals surface area contributed by atoms with E-state index >= 15 is 0 Å². The molecule has 10 heteroatoms. The van der Waals surface area contributed by atoms with Crippen molar-refractivity contribution in [2.75, 3.05) is 36.8 Å². The van der Waals surface area contributed by atoms with E-state index in [1.165, 1.54) is 36.0 Å². The molecule has 0 saturated carbocycles. The van der Waals surface area contributed by atoms with Crippen LogP contribution in [0.5, 0.6) is 5.88 Å². The molecule has 1 spiro atoms. The van der Waals surface area contributed by atoms with E-state index in [-0.39, 0.29) is 12.4 Å². The lowest BCUT2D eigenvalue weighted by molar-refractivity contribution is -0.122. The molecule has 0 atom stereocenters. The number of nitrogen functional groups attached to an aromatic ring is 1. The van der Waals surface area contributed by atoms with Gasteiger partial charge < -0.3 is 25.8 Å². The predicted molar refractivity (Wildman–Crippen MR) is 184 cm³/mol. The molecule has 46 heavy (non-hydrogen) atoms. The highest BCUT2D eigenvalue weighted by Crippen LogP contribution is 2.38. The molecule has 6 rings (SSSR count). The van der Waals surface area contributed by atoms with Gasteiger partial charge in [0.1, 0.15) is 12.4 Å². The average molecular weight is 622 g/mol. The van der Waals surface area contributed by atoms with E-state index in [0.717, 1.165) is 54.5 Å². The van der Waals surface area contributed by atoms with Gasteiger partial charge in [-0.1, -0.05) is 30.3 Å². The standard InChI is InChI=1S/C31H37N7O.2C2H2.CH2O2/c1-21-4-5-24(16-22(21)2)25-6-7-26(27(17-25)38-13-8-23(3)36-38)19-39-29-18-28(34-30(32)35-29)37-14-10-31(11-15-37)9-12-33-20-31;2*1-2;2-1-3/h4-8,13,16-18,33H,9-12,14-15,19-20H2,1-3H3,(H2,32,34,35);2*1-2H;1H,(H,2,3). The van der Waals surface area contributed by atoms with Crippen molar-refractivity contribution in [1.82, 2.24) is 25.1 Å². The molecule has 240 valence electrons. The van der Waals surface area contributed by atoms with E-state index in [9.17, 15) is 0 Å². The molecule has 0 aliphatic carbocycles. The first-order valence-electron chi connectivity index (χ1n) is 15.0. The zero-order valence-electron chi connectivity index (χ0n) is 26.8. The van der Waals surface area contributed by atoms with Crippen molar-refractivity contribution in [1.29, 1.82) is 0 Å². The Hall–Kier alpha value is -5.32. The van der Waals surface area contributed by atoms with Gasteiger partial charge in [-0.2, -0.15) is 15.1 Å². The van der Waals surface area contributed by atoms with Crippen LogP contribution < -0.4 is 20.7 Å². The van der Waals surface area contributed by atoms with Crippen LogP contribution in [0.25, 0.3) is 16.8 Å². The number of ether oxygens (including phenoxy) is 1. The van der Waals surface area contributed by atoms with E-state index in [0.29, 0.717) is 17.9 Å². The summed E-state index contributed by atoms with van der Waals surface area (Å²) in [6.45, 7) is 10.6. The third-order valence-corrected chi connectivity index (χ3v) is 8.46. The van der Waals surface area contributed by atoms with Crippen molar-refractivity contribution in [2.24, 2.45) is 5.41 Å². The lowest BCUT2D eigenvalue weighted by Crippen LogP contribution is -2.41. The van der Waals surface area contributed by atoms with Crippen molar-refractivity contribution in [3.05, 3.63) is 77.1 Å². The second-order valence-corrected chi connectivity index (χ2v) is 11.3. The van der Waals surface area contributed by atoms with Crippen LogP contribution in [0.3, 0.4) is 0 Å². The number of hydrogen-bond acceptors (Lipinski definition) is 8. The highest BCUT2D eigenvalue weighted by Gasteiger charge is 2.37. The molecule has 0 bridgehead atoms. The zero-order chi connectivity index (χ0) is 33.7. The summed E-state index contributed by atoms with van der Waals surface area (Å²) in [5.74, 6) is 1.56. The SMILES string of the molecule is C#C.C#C.Cc1ccn(-c2cc(-c3ccc(C)c(C)c3)ccc2COc2cc(N3CCC4(CCNC4)CC3)nc(N)n2)n1.O=CO. The summed E-state index contributed by atoms with van der Waals surface area (Å²) in [4.78, 5) is 19.6. The molecule has 4 aromatic rings. The highest BCUT2D eigenvalue weighted by atomic mass is 16.5. The van der Waals surface area contributed by atoms with Crippen molar-refractivity contribution < 1.29 is 14.6 Å². The van der Waals surface area contributed by atoms with Crippen LogP contribution in [-0.2, 0) is 11.4 Å². The third-order valence-electron chi connectivity index (χ3n) is 8.46. The van der Waals surface area contributed by atoms with Crippen LogP contribution in [0.15, 0.2) is 54.7 Å². The van der Waals surface area contributed by atoms with Crippen molar-refractivity contribution >= 4 is 18.2 Å². The number of benzene rings is 2. The molecule has 0 radical (unpaired) electrons. The van der Waals surface area contributed by atoms with Crippen molar-refractivity contribution in [2.45, 2.75) is 46.6 Å². The molecule has 4 heterocycles. The number of nitrogens with zero attached hydrogens (tertiary/aromatic N) is 5. The quantitative estimate of drug-likeness (QED) is 0.197. The monoisotopic (exact) mass is 621 g/mol. The fourth-order valence-electron chi connectivity index (χ4n) is 5.80. The minimum Gasteiger partial charge on any atom is -0.483 e. The Balaban J connectivity index is 0.000000765. The van der Waals surface area contributed by atoms with E-state index < -0.39 is 0 Å².